The van der Waals surface area contributed by atoms with Crippen LogP contribution < -0.4 is 0 Å². The second-order valence-corrected chi connectivity index (χ2v) is 12.0. The van der Waals surface area contributed by atoms with Gasteiger partial charge in [0.2, 0.25) is 0 Å². The maximum atomic E-state index is 14.5. The van der Waals surface area contributed by atoms with Gasteiger partial charge in [0.15, 0.2) is 0 Å². The lowest BCUT2D eigenvalue weighted by Gasteiger charge is -2.35. The first-order chi connectivity index (χ1) is 18.8. The number of phenols is 1. The van der Waals surface area contributed by atoms with Crippen molar-refractivity contribution in [3.63, 3.8) is 0 Å². The Balaban J connectivity index is 1.74. The number of amides is 1. The monoisotopic (exact) mass is 587 g/mol. The van der Waals surface area contributed by atoms with Crippen LogP contribution in [0.5, 0.6) is 5.75 Å². The Bertz CT molecular complexity index is 1340. The van der Waals surface area contributed by atoms with E-state index >= 15 is 0 Å². The van der Waals surface area contributed by atoms with E-state index in [-0.39, 0.29) is 29.7 Å². The molecule has 2 aliphatic rings. The fourth-order valence-corrected chi connectivity index (χ4v) is 5.66. The lowest BCUT2D eigenvalue weighted by molar-refractivity contribution is -0.143. The van der Waals surface area contributed by atoms with Crippen LogP contribution in [0, 0.1) is 11.2 Å². The third-order valence-electron chi connectivity index (χ3n) is 7.92. The minimum Gasteiger partial charge on any atom is -0.507 e. The zero-order valence-electron chi connectivity index (χ0n) is 23.3. The molecular formula is C30H32F7NO3. The summed E-state index contributed by atoms with van der Waals surface area (Å²) >= 11 is 0. The zero-order valence-corrected chi connectivity index (χ0v) is 23.3. The molecule has 0 spiro atoms. The maximum Gasteiger partial charge on any atom is 0.416 e. The van der Waals surface area contributed by atoms with Crippen LogP contribution in [-0.2, 0) is 17.1 Å². The molecule has 4 rings (SSSR count). The van der Waals surface area contributed by atoms with Crippen molar-refractivity contribution in [3.05, 3.63) is 69.5 Å². The summed E-state index contributed by atoms with van der Waals surface area (Å²) in [5.41, 5.74) is -1.26. The van der Waals surface area contributed by atoms with Crippen LogP contribution in [0.4, 0.5) is 35.5 Å². The number of cyclic esters (lactones) is 1. The number of hydrogen-bond donors (Lipinski definition) is 1. The fraction of sp³-hybridized carbons (Fsp3) is 0.500. The summed E-state index contributed by atoms with van der Waals surface area (Å²) in [6.45, 7) is 9.18. The van der Waals surface area contributed by atoms with Gasteiger partial charge in [-0.3, -0.25) is 4.90 Å². The van der Waals surface area contributed by atoms with Crippen LogP contribution in [0.15, 0.2) is 35.9 Å². The number of ether oxygens (including phenoxy) is 1. The smallest absolute Gasteiger partial charge is 0.416 e. The van der Waals surface area contributed by atoms with E-state index in [0.29, 0.717) is 36.1 Å². The van der Waals surface area contributed by atoms with Crippen molar-refractivity contribution < 1.29 is 45.4 Å². The number of halogens is 7. The Labute approximate surface area is 233 Å². The average molecular weight is 588 g/mol. The molecule has 1 amide bonds. The lowest BCUT2D eigenvalue weighted by Crippen LogP contribution is -2.35. The highest BCUT2D eigenvalue weighted by molar-refractivity contribution is 5.77. The van der Waals surface area contributed by atoms with Gasteiger partial charge in [0.1, 0.15) is 17.7 Å². The van der Waals surface area contributed by atoms with Gasteiger partial charge in [0.25, 0.3) is 0 Å². The molecule has 4 nitrogen and oxygen atoms in total. The van der Waals surface area contributed by atoms with Crippen LogP contribution in [0.3, 0.4) is 0 Å². The Hall–Kier alpha value is -3.24. The van der Waals surface area contributed by atoms with E-state index in [9.17, 15) is 40.6 Å². The number of aromatic hydroxyl groups is 1. The molecule has 2 aromatic rings. The topological polar surface area (TPSA) is 49.8 Å². The summed E-state index contributed by atoms with van der Waals surface area (Å²) in [6, 6.07) is 2.93. The van der Waals surface area contributed by atoms with Crippen molar-refractivity contribution in [1.29, 1.82) is 0 Å². The van der Waals surface area contributed by atoms with Crippen molar-refractivity contribution in [3.8, 4) is 5.75 Å². The SMILES string of the molecule is CC(C)c1cc(C2=C(CN3C(=O)O[C@H](c4cc(C(F)(F)F)cc(C(F)(F)F)c4)[C@@H]3C)CC(C)(C)CC2)c(O)cc1F. The number of rotatable bonds is 5. The number of carbonyl (C=O) groups is 1. The predicted octanol–water partition coefficient (Wildman–Crippen LogP) is 9.24. The molecule has 224 valence electrons. The normalized spacial score (nSPS) is 21.6. The van der Waals surface area contributed by atoms with E-state index < -0.39 is 53.1 Å². The molecule has 0 unspecified atom stereocenters. The van der Waals surface area contributed by atoms with Crippen LogP contribution in [0.2, 0.25) is 0 Å². The van der Waals surface area contributed by atoms with Crippen molar-refractivity contribution in [2.45, 2.75) is 84.3 Å². The molecule has 1 aliphatic carbocycles. The van der Waals surface area contributed by atoms with Gasteiger partial charge in [-0.15, -0.1) is 0 Å². The minimum atomic E-state index is -5.04. The van der Waals surface area contributed by atoms with Gasteiger partial charge in [-0.2, -0.15) is 26.3 Å². The third-order valence-corrected chi connectivity index (χ3v) is 7.92. The first-order valence-corrected chi connectivity index (χ1v) is 13.3. The summed E-state index contributed by atoms with van der Waals surface area (Å²) < 4.78 is 101. The number of benzene rings is 2. The summed E-state index contributed by atoms with van der Waals surface area (Å²) in [5.74, 6) is -0.960. The highest BCUT2D eigenvalue weighted by atomic mass is 19.4. The minimum absolute atomic E-state index is 0.0197. The number of nitrogens with zero attached hydrogens (tertiary/aromatic N) is 1. The average Bonchev–Trinajstić information content (AvgIpc) is 3.11. The largest absolute Gasteiger partial charge is 0.507 e. The summed E-state index contributed by atoms with van der Waals surface area (Å²) in [7, 11) is 0. The molecule has 1 saturated heterocycles. The molecule has 0 saturated carbocycles. The molecule has 1 fully saturated rings. The first-order valence-electron chi connectivity index (χ1n) is 13.3. The van der Waals surface area contributed by atoms with Gasteiger partial charge in [0, 0.05) is 18.2 Å². The van der Waals surface area contributed by atoms with E-state index in [1.165, 1.54) is 11.8 Å². The van der Waals surface area contributed by atoms with Crippen molar-refractivity contribution in [1.82, 2.24) is 4.90 Å². The quantitative estimate of drug-likeness (QED) is 0.355. The van der Waals surface area contributed by atoms with Gasteiger partial charge in [-0.25, -0.2) is 9.18 Å². The molecule has 11 heteroatoms. The Morgan fingerprint density at radius 2 is 1.61 bits per heavy atom. The summed E-state index contributed by atoms with van der Waals surface area (Å²) in [4.78, 5) is 14.3. The number of allylic oxidation sites excluding steroid dienone is 1. The van der Waals surface area contributed by atoms with E-state index in [0.717, 1.165) is 23.6 Å². The molecule has 0 aromatic heterocycles. The predicted molar refractivity (Wildman–Crippen MR) is 139 cm³/mol. The molecule has 1 heterocycles. The summed E-state index contributed by atoms with van der Waals surface area (Å²) in [6.07, 6.45) is -10.6. The molecule has 1 N–H and O–H groups in total. The molecule has 1 aliphatic heterocycles. The van der Waals surface area contributed by atoms with Crippen LogP contribution in [-0.4, -0.2) is 28.7 Å². The second-order valence-electron chi connectivity index (χ2n) is 12.0. The Morgan fingerprint density at radius 3 is 2.15 bits per heavy atom. The standard InChI is InChI=1S/C30H32F7NO3/c1-15(2)22-11-23(25(39)12-24(22)31)21-6-7-28(4,5)13-18(21)14-38-16(3)26(41-27(38)40)17-8-19(29(32,33)34)10-20(9-17)30(35,36)37/h8-12,15-16,26,39H,6-7,13-14H2,1-5H3/t16-,26-/m0/s1. The molecule has 41 heavy (non-hydrogen) atoms. The van der Waals surface area contributed by atoms with Crippen molar-refractivity contribution in [2.24, 2.45) is 5.41 Å². The van der Waals surface area contributed by atoms with E-state index in [1.54, 1.807) is 6.07 Å². The zero-order chi connectivity index (χ0) is 30.7. The second kappa shape index (κ2) is 10.5. The van der Waals surface area contributed by atoms with Crippen LogP contribution in [0.25, 0.3) is 5.57 Å². The molecular weight excluding hydrogens is 555 g/mol. The molecule has 2 aromatic carbocycles. The van der Waals surface area contributed by atoms with Gasteiger partial charge in [-0.1, -0.05) is 27.7 Å². The van der Waals surface area contributed by atoms with Gasteiger partial charge in [0.05, 0.1) is 17.2 Å². The van der Waals surface area contributed by atoms with Gasteiger partial charge >= 0.3 is 18.4 Å². The van der Waals surface area contributed by atoms with Crippen molar-refractivity contribution in [2.75, 3.05) is 6.54 Å². The molecule has 2 atom stereocenters. The Morgan fingerprint density at radius 1 is 1.02 bits per heavy atom. The van der Waals surface area contributed by atoms with E-state index in [1.807, 2.05) is 27.7 Å². The van der Waals surface area contributed by atoms with E-state index in [2.05, 4.69) is 0 Å². The van der Waals surface area contributed by atoms with Gasteiger partial charge < -0.3 is 9.84 Å². The van der Waals surface area contributed by atoms with Crippen LogP contribution >= 0.6 is 0 Å². The Kier molecular flexibility index (Phi) is 7.90. The van der Waals surface area contributed by atoms with Crippen LogP contribution in [0.1, 0.15) is 93.7 Å². The number of phenolic OH excluding ortho intramolecular Hbond substituents is 1. The number of hydrogen-bond acceptors (Lipinski definition) is 3. The number of carbonyl (C=O) groups excluding carboxylic acids is 1. The maximum absolute atomic E-state index is 14.5. The summed E-state index contributed by atoms with van der Waals surface area (Å²) in [5, 5.41) is 10.7. The third kappa shape index (κ3) is 6.33. The highest BCUT2D eigenvalue weighted by Gasteiger charge is 2.44. The molecule has 0 radical (unpaired) electrons. The lowest BCUT2D eigenvalue weighted by atomic mass is 9.72. The first kappa shape index (κ1) is 30.7. The highest BCUT2D eigenvalue weighted by Crippen LogP contribution is 2.47. The van der Waals surface area contributed by atoms with Crippen molar-refractivity contribution >= 4 is 11.7 Å². The van der Waals surface area contributed by atoms with Gasteiger partial charge in [-0.05, 0) is 84.1 Å². The van der Waals surface area contributed by atoms with E-state index in [4.69, 9.17) is 4.74 Å². The molecule has 0 bridgehead atoms. The number of alkyl halides is 6. The fourth-order valence-electron chi connectivity index (χ4n) is 5.66.